The third-order valence-corrected chi connectivity index (χ3v) is 5.50. The molecule has 2 atom stereocenters. The van der Waals surface area contributed by atoms with Gasteiger partial charge in [-0.3, -0.25) is 9.59 Å². The lowest BCUT2D eigenvalue weighted by molar-refractivity contribution is -0.156. The molecule has 32 heavy (non-hydrogen) atoms. The molecule has 2 aromatic carbocycles. The number of amides is 2. The van der Waals surface area contributed by atoms with E-state index in [-0.39, 0.29) is 11.3 Å². The number of hydrogen-bond donors (Lipinski definition) is 3. The van der Waals surface area contributed by atoms with Gasteiger partial charge in [-0.1, -0.05) is 38.5 Å². The summed E-state index contributed by atoms with van der Waals surface area (Å²) in [5.41, 5.74) is 0.730. The fourth-order valence-corrected chi connectivity index (χ4v) is 3.38. The number of carbonyl (C=O) groups excluding carboxylic acids is 3. The molecule has 2 rings (SSSR count). The molecule has 0 aliphatic heterocycles. The van der Waals surface area contributed by atoms with Gasteiger partial charge in [0.1, 0.15) is 6.04 Å². The maximum Gasteiger partial charge on any atom is 0.329 e. The fourth-order valence-electron chi connectivity index (χ4n) is 2.86. The zero-order valence-corrected chi connectivity index (χ0v) is 18.7. The van der Waals surface area contributed by atoms with E-state index in [0.717, 1.165) is 0 Å². The highest BCUT2D eigenvalue weighted by atomic mass is 32.2. The predicted molar refractivity (Wildman–Crippen MR) is 119 cm³/mol. The highest BCUT2D eigenvalue weighted by molar-refractivity contribution is 7.89. The van der Waals surface area contributed by atoms with Crippen molar-refractivity contribution in [2.24, 2.45) is 5.14 Å². The molecule has 9 nitrogen and oxygen atoms in total. The van der Waals surface area contributed by atoms with Crippen molar-refractivity contribution in [3.8, 4) is 0 Å². The molecule has 0 spiro atoms. The summed E-state index contributed by atoms with van der Waals surface area (Å²) in [5, 5.41) is 10.3. The van der Waals surface area contributed by atoms with Gasteiger partial charge in [0.05, 0.1) is 4.90 Å². The van der Waals surface area contributed by atoms with Gasteiger partial charge in [0.25, 0.3) is 11.8 Å². The van der Waals surface area contributed by atoms with E-state index < -0.39 is 40.0 Å². The van der Waals surface area contributed by atoms with Crippen molar-refractivity contribution in [3.05, 3.63) is 60.2 Å². The second kappa shape index (κ2) is 11.4. The van der Waals surface area contributed by atoms with Crippen molar-refractivity contribution in [3.63, 3.8) is 0 Å². The summed E-state index contributed by atoms with van der Waals surface area (Å²) >= 11 is 0. The van der Waals surface area contributed by atoms with E-state index in [2.05, 4.69) is 10.6 Å². The zero-order valence-electron chi connectivity index (χ0n) is 17.9. The first-order valence-electron chi connectivity index (χ1n) is 10.2. The van der Waals surface area contributed by atoms with Gasteiger partial charge in [-0.05, 0) is 49.2 Å². The Morgan fingerprint density at radius 2 is 1.62 bits per heavy atom. The van der Waals surface area contributed by atoms with Crippen LogP contribution in [0.25, 0.3) is 0 Å². The van der Waals surface area contributed by atoms with E-state index in [0.29, 0.717) is 24.1 Å². The Hall–Kier alpha value is -3.24. The summed E-state index contributed by atoms with van der Waals surface area (Å²) in [5.74, 6) is -1.69. The van der Waals surface area contributed by atoms with Crippen molar-refractivity contribution >= 4 is 33.5 Å². The molecule has 0 aliphatic rings. The van der Waals surface area contributed by atoms with Crippen LogP contribution < -0.4 is 15.8 Å². The van der Waals surface area contributed by atoms with Crippen molar-refractivity contribution in [2.75, 3.05) is 5.32 Å². The van der Waals surface area contributed by atoms with Gasteiger partial charge in [0.2, 0.25) is 10.0 Å². The zero-order chi connectivity index (χ0) is 23.7. The Morgan fingerprint density at radius 3 is 2.16 bits per heavy atom. The van der Waals surface area contributed by atoms with Gasteiger partial charge in [0, 0.05) is 11.3 Å². The first-order chi connectivity index (χ1) is 15.2. The van der Waals surface area contributed by atoms with E-state index in [1.54, 1.807) is 37.3 Å². The van der Waals surface area contributed by atoms with Gasteiger partial charge in [-0.25, -0.2) is 18.4 Å². The second-order valence-electron chi connectivity index (χ2n) is 7.07. The Kier molecular flexibility index (Phi) is 8.91. The van der Waals surface area contributed by atoms with Gasteiger partial charge in [0.15, 0.2) is 6.10 Å². The third-order valence-electron chi connectivity index (χ3n) is 4.58. The van der Waals surface area contributed by atoms with E-state index >= 15 is 0 Å². The average Bonchev–Trinajstić information content (AvgIpc) is 2.77. The van der Waals surface area contributed by atoms with E-state index in [4.69, 9.17) is 9.88 Å². The first kappa shape index (κ1) is 25.0. The van der Waals surface area contributed by atoms with Crippen LogP contribution in [-0.4, -0.2) is 38.3 Å². The summed E-state index contributed by atoms with van der Waals surface area (Å²) in [6, 6.07) is 12.9. The van der Waals surface area contributed by atoms with Gasteiger partial charge < -0.3 is 15.4 Å². The third kappa shape index (κ3) is 7.17. The number of carbonyl (C=O) groups is 3. The standard InChI is InChI=1S/C22H27N3O6S/c1-3-8-18(25-20(26)15-9-6-5-7-10-15)22(28)31-19(4-2)21(27)24-16-11-13-17(14-12-16)32(23,29)30/h5-7,9-14,18-19H,3-4,8H2,1-2H3,(H,24,27)(H,25,26)(H2,23,29,30). The number of benzene rings is 2. The van der Waals surface area contributed by atoms with Gasteiger partial charge >= 0.3 is 5.97 Å². The number of sulfonamides is 1. The molecule has 172 valence electrons. The largest absolute Gasteiger partial charge is 0.451 e. The molecule has 0 heterocycles. The quantitative estimate of drug-likeness (QED) is 0.463. The molecule has 10 heteroatoms. The summed E-state index contributed by atoms with van der Waals surface area (Å²) in [4.78, 5) is 37.6. The minimum atomic E-state index is -3.85. The van der Waals surface area contributed by atoms with Crippen LogP contribution in [-0.2, 0) is 24.3 Å². The maximum atomic E-state index is 12.7. The monoisotopic (exact) mass is 461 g/mol. The SMILES string of the molecule is CCCC(NC(=O)c1ccccc1)C(=O)OC(CC)C(=O)Nc1ccc(S(N)(=O)=O)cc1. The molecule has 2 unspecified atom stereocenters. The molecular formula is C22H27N3O6S. The van der Waals surface area contributed by atoms with Crippen LogP contribution in [0.15, 0.2) is 59.5 Å². The van der Waals surface area contributed by atoms with Crippen LogP contribution >= 0.6 is 0 Å². The fraction of sp³-hybridized carbons (Fsp3) is 0.318. The minimum absolute atomic E-state index is 0.0921. The topological polar surface area (TPSA) is 145 Å². The number of esters is 1. The van der Waals surface area contributed by atoms with Gasteiger partial charge in [-0.15, -0.1) is 0 Å². The van der Waals surface area contributed by atoms with Gasteiger partial charge in [-0.2, -0.15) is 0 Å². The molecule has 4 N–H and O–H groups in total. The maximum absolute atomic E-state index is 12.7. The van der Waals surface area contributed by atoms with Crippen LogP contribution in [0.4, 0.5) is 5.69 Å². The molecule has 0 fully saturated rings. The number of ether oxygens (including phenoxy) is 1. The molecule has 2 amide bonds. The van der Waals surface area contributed by atoms with Crippen molar-refractivity contribution < 1.29 is 27.5 Å². The molecular weight excluding hydrogens is 434 g/mol. The molecule has 2 aromatic rings. The van der Waals surface area contributed by atoms with Crippen molar-refractivity contribution in [1.82, 2.24) is 5.32 Å². The lowest BCUT2D eigenvalue weighted by Gasteiger charge is -2.21. The highest BCUT2D eigenvalue weighted by Gasteiger charge is 2.28. The van der Waals surface area contributed by atoms with E-state index in [1.165, 1.54) is 24.3 Å². The molecule has 0 radical (unpaired) electrons. The Labute approximate surface area is 187 Å². The normalized spacial score (nSPS) is 13.0. The summed E-state index contributed by atoms with van der Waals surface area (Å²) in [6.45, 7) is 3.54. The lowest BCUT2D eigenvalue weighted by Crippen LogP contribution is -2.44. The predicted octanol–water partition coefficient (Wildman–Crippen LogP) is 2.19. The second-order valence-corrected chi connectivity index (χ2v) is 8.63. The number of nitrogens with two attached hydrogens (primary N) is 1. The number of primary sulfonamides is 1. The summed E-state index contributed by atoms with van der Waals surface area (Å²) < 4.78 is 28.0. The molecule has 0 saturated carbocycles. The van der Waals surface area contributed by atoms with Crippen LogP contribution in [0, 0.1) is 0 Å². The Morgan fingerprint density at radius 1 is 1.00 bits per heavy atom. The van der Waals surface area contributed by atoms with Crippen LogP contribution in [0.2, 0.25) is 0 Å². The molecule has 0 aromatic heterocycles. The molecule has 0 aliphatic carbocycles. The number of rotatable bonds is 10. The first-order valence-corrected chi connectivity index (χ1v) is 11.7. The van der Waals surface area contributed by atoms with Crippen LogP contribution in [0.1, 0.15) is 43.5 Å². The van der Waals surface area contributed by atoms with Crippen molar-refractivity contribution in [1.29, 1.82) is 0 Å². The highest BCUT2D eigenvalue weighted by Crippen LogP contribution is 2.14. The van der Waals surface area contributed by atoms with Crippen LogP contribution in [0.5, 0.6) is 0 Å². The minimum Gasteiger partial charge on any atom is -0.451 e. The Bertz CT molecular complexity index is 1040. The summed E-state index contributed by atoms with van der Waals surface area (Å²) in [6.07, 6.45) is 0.0882. The summed E-state index contributed by atoms with van der Waals surface area (Å²) in [7, 11) is -3.85. The van der Waals surface area contributed by atoms with E-state index in [9.17, 15) is 22.8 Å². The lowest BCUT2D eigenvalue weighted by atomic mass is 10.1. The smallest absolute Gasteiger partial charge is 0.329 e. The van der Waals surface area contributed by atoms with E-state index in [1.807, 2.05) is 6.92 Å². The van der Waals surface area contributed by atoms with Crippen molar-refractivity contribution in [2.45, 2.75) is 50.2 Å². The number of nitrogens with one attached hydrogen (secondary N) is 2. The molecule has 0 saturated heterocycles. The number of anilines is 1. The number of hydrogen-bond acceptors (Lipinski definition) is 6. The van der Waals surface area contributed by atoms with Crippen LogP contribution in [0.3, 0.4) is 0 Å². The Balaban J connectivity index is 2.03. The molecule has 0 bridgehead atoms. The average molecular weight is 462 g/mol.